The second-order valence-corrected chi connectivity index (χ2v) is 5.42. The summed E-state index contributed by atoms with van der Waals surface area (Å²) in [6.45, 7) is 5.57. The highest BCUT2D eigenvalue weighted by atomic mass is 32.1. The molecule has 1 aromatic rings. The summed E-state index contributed by atoms with van der Waals surface area (Å²) < 4.78 is 0. The Bertz CT molecular complexity index is 286. The second-order valence-electron chi connectivity index (χ2n) is 4.38. The van der Waals surface area contributed by atoms with E-state index in [0.29, 0.717) is 6.04 Å². The Morgan fingerprint density at radius 3 is 3.31 bits per heavy atom. The monoisotopic (exact) mass is 239 g/mol. The van der Waals surface area contributed by atoms with E-state index in [1.807, 2.05) is 11.3 Å². The number of rotatable bonds is 5. The second kappa shape index (κ2) is 6.35. The molecule has 2 heterocycles. The molecule has 16 heavy (non-hydrogen) atoms. The largest absolute Gasteiger partial charge is 0.314 e. The molecule has 0 spiro atoms. The molecule has 0 radical (unpaired) electrons. The van der Waals surface area contributed by atoms with Crippen molar-refractivity contribution in [3.05, 3.63) is 22.4 Å². The maximum atomic E-state index is 3.51. The highest BCUT2D eigenvalue weighted by molar-refractivity contribution is 7.09. The van der Waals surface area contributed by atoms with Crippen molar-refractivity contribution in [3.8, 4) is 0 Å². The van der Waals surface area contributed by atoms with E-state index in [1.165, 1.54) is 17.8 Å². The van der Waals surface area contributed by atoms with E-state index in [9.17, 15) is 0 Å². The average Bonchev–Trinajstić information content (AvgIpc) is 2.79. The first kappa shape index (κ1) is 12.0. The van der Waals surface area contributed by atoms with Crippen LogP contribution < -0.4 is 10.6 Å². The summed E-state index contributed by atoms with van der Waals surface area (Å²) >= 11 is 1.82. The van der Waals surface area contributed by atoms with E-state index in [0.717, 1.165) is 26.2 Å². The molecule has 4 heteroatoms. The zero-order valence-electron chi connectivity index (χ0n) is 9.91. The molecule has 1 atom stereocenters. The third-order valence-corrected chi connectivity index (χ3v) is 4.05. The molecule has 3 nitrogen and oxygen atoms in total. The summed E-state index contributed by atoms with van der Waals surface area (Å²) in [6.07, 6.45) is 1.23. The van der Waals surface area contributed by atoms with Crippen molar-refractivity contribution in [2.45, 2.75) is 19.0 Å². The molecule has 1 aromatic heterocycles. The van der Waals surface area contributed by atoms with Gasteiger partial charge in [-0.1, -0.05) is 6.07 Å². The Labute approximate surface area is 102 Å². The van der Waals surface area contributed by atoms with Gasteiger partial charge >= 0.3 is 0 Å². The Kier molecular flexibility index (Phi) is 4.78. The molecule has 0 aliphatic carbocycles. The van der Waals surface area contributed by atoms with Gasteiger partial charge in [-0.25, -0.2) is 0 Å². The van der Waals surface area contributed by atoms with Gasteiger partial charge in [-0.2, -0.15) is 0 Å². The van der Waals surface area contributed by atoms with Gasteiger partial charge in [-0.05, 0) is 31.5 Å². The van der Waals surface area contributed by atoms with Gasteiger partial charge in [0.1, 0.15) is 0 Å². The standard InChI is InChI=1S/C12H21N3S/c1-15-7-6-14-9-11(15)4-5-13-10-12-3-2-8-16-12/h2-3,8,11,13-14H,4-7,9-10H2,1H3. The lowest BCUT2D eigenvalue weighted by atomic mass is 10.1. The van der Waals surface area contributed by atoms with Gasteiger partial charge in [-0.3, -0.25) is 0 Å². The molecule has 1 aliphatic rings. The summed E-state index contributed by atoms with van der Waals surface area (Å²) in [5, 5.41) is 9.10. The van der Waals surface area contributed by atoms with E-state index in [4.69, 9.17) is 0 Å². The highest BCUT2D eigenvalue weighted by Crippen LogP contribution is 2.08. The van der Waals surface area contributed by atoms with Crippen LogP contribution in [0.15, 0.2) is 17.5 Å². The van der Waals surface area contributed by atoms with Gasteiger partial charge in [0.2, 0.25) is 0 Å². The predicted octanol–water partition coefficient (Wildman–Crippen LogP) is 1.13. The number of hydrogen-bond acceptors (Lipinski definition) is 4. The first-order valence-electron chi connectivity index (χ1n) is 6.00. The van der Waals surface area contributed by atoms with Crippen molar-refractivity contribution in [2.75, 3.05) is 33.2 Å². The minimum Gasteiger partial charge on any atom is -0.314 e. The number of thiophene rings is 1. The molecule has 0 aromatic carbocycles. The molecule has 0 amide bonds. The lowest BCUT2D eigenvalue weighted by Crippen LogP contribution is -2.50. The predicted molar refractivity (Wildman–Crippen MR) is 69.9 cm³/mol. The normalized spacial score (nSPS) is 22.4. The van der Waals surface area contributed by atoms with Crippen LogP contribution in [0, 0.1) is 0 Å². The molecule has 1 fully saturated rings. The van der Waals surface area contributed by atoms with Gasteiger partial charge in [0.15, 0.2) is 0 Å². The fourth-order valence-electron chi connectivity index (χ4n) is 2.08. The maximum absolute atomic E-state index is 3.51. The van der Waals surface area contributed by atoms with E-state index in [1.54, 1.807) is 0 Å². The van der Waals surface area contributed by atoms with E-state index < -0.39 is 0 Å². The van der Waals surface area contributed by atoms with Crippen molar-refractivity contribution in [2.24, 2.45) is 0 Å². The van der Waals surface area contributed by atoms with Crippen LogP contribution in [-0.4, -0.2) is 44.2 Å². The number of hydrogen-bond donors (Lipinski definition) is 2. The summed E-state index contributed by atoms with van der Waals surface area (Å²) in [4.78, 5) is 3.89. The van der Waals surface area contributed by atoms with Crippen molar-refractivity contribution in [1.82, 2.24) is 15.5 Å². The van der Waals surface area contributed by atoms with Crippen LogP contribution >= 0.6 is 11.3 Å². The molecule has 1 unspecified atom stereocenters. The first-order chi connectivity index (χ1) is 7.86. The van der Waals surface area contributed by atoms with Crippen LogP contribution in [-0.2, 0) is 6.54 Å². The minimum atomic E-state index is 0.699. The van der Waals surface area contributed by atoms with Gasteiger partial charge in [0.25, 0.3) is 0 Å². The van der Waals surface area contributed by atoms with Crippen LogP contribution in [0.3, 0.4) is 0 Å². The first-order valence-corrected chi connectivity index (χ1v) is 6.88. The average molecular weight is 239 g/mol. The van der Waals surface area contributed by atoms with Crippen molar-refractivity contribution in [1.29, 1.82) is 0 Å². The Hall–Kier alpha value is -0.420. The topological polar surface area (TPSA) is 27.3 Å². The number of piperazine rings is 1. The van der Waals surface area contributed by atoms with E-state index in [-0.39, 0.29) is 0 Å². The van der Waals surface area contributed by atoms with Crippen LogP contribution in [0.5, 0.6) is 0 Å². The quantitative estimate of drug-likeness (QED) is 0.754. The van der Waals surface area contributed by atoms with Crippen molar-refractivity contribution >= 4 is 11.3 Å². The molecular weight excluding hydrogens is 218 g/mol. The summed E-state index contributed by atoms with van der Waals surface area (Å²) in [5.74, 6) is 0. The summed E-state index contributed by atoms with van der Waals surface area (Å²) in [5.41, 5.74) is 0. The smallest absolute Gasteiger partial charge is 0.0299 e. The molecule has 0 bridgehead atoms. The lowest BCUT2D eigenvalue weighted by Gasteiger charge is -2.33. The van der Waals surface area contributed by atoms with Crippen molar-refractivity contribution < 1.29 is 0 Å². The molecule has 90 valence electrons. The molecular formula is C12H21N3S. The summed E-state index contributed by atoms with van der Waals surface area (Å²) in [7, 11) is 2.23. The van der Waals surface area contributed by atoms with Gasteiger partial charge in [-0.15, -0.1) is 11.3 Å². The van der Waals surface area contributed by atoms with Crippen LogP contribution in [0.1, 0.15) is 11.3 Å². The lowest BCUT2D eigenvalue weighted by molar-refractivity contribution is 0.189. The maximum Gasteiger partial charge on any atom is 0.0299 e. The zero-order valence-corrected chi connectivity index (χ0v) is 10.7. The SMILES string of the molecule is CN1CCNCC1CCNCc1cccs1. The fraction of sp³-hybridized carbons (Fsp3) is 0.667. The zero-order chi connectivity index (χ0) is 11.2. The Morgan fingerprint density at radius 1 is 1.62 bits per heavy atom. The van der Waals surface area contributed by atoms with Gasteiger partial charge in [0.05, 0.1) is 0 Å². The van der Waals surface area contributed by atoms with Crippen LogP contribution in [0.4, 0.5) is 0 Å². The molecule has 1 aliphatic heterocycles. The number of likely N-dealkylation sites (N-methyl/N-ethyl adjacent to an activating group) is 1. The number of nitrogens with zero attached hydrogens (tertiary/aromatic N) is 1. The fourth-order valence-corrected chi connectivity index (χ4v) is 2.75. The Balaban J connectivity index is 1.60. The van der Waals surface area contributed by atoms with Gasteiger partial charge < -0.3 is 15.5 Å². The minimum absolute atomic E-state index is 0.699. The van der Waals surface area contributed by atoms with Crippen molar-refractivity contribution in [3.63, 3.8) is 0 Å². The molecule has 1 saturated heterocycles. The van der Waals surface area contributed by atoms with Gasteiger partial charge in [0, 0.05) is 37.1 Å². The highest BCUT2D eigenvalue weighted by Gasteiger charge is 2.17. The Morgan fingerprint density at radius 2 is 2.56 bits per heavy atom. The molecule has 2 rings (SSSR count). The third kappa shape index (κ3) is 3.56. The molecule has 0 saturated carbocycles. The van der Waals surface area contributed by atoms with Crippen LogP contribution in [0.2, 0.25) is 0 Å². The third-order valence-electron chi connectivity index (χ3n) is 3.18. The number of nitrogens with one attached hydrogen (secondary N) is 2. The molecule has 2 N–H and O–H groups in total. The van der Waals surface area contributed by atoms with Crippen LogP contribution in [0.25, 0.3) is 0 Å². The summed E-state index contributed by atoms with van der Waals surface area (Å²) in [6, 6.07) is 5.00. The van der Waals surface area contributed by atoms with E-state index >= 15 is 0 Å². The van der Waals surface area contributed by atoms with E-state index in [2.05, 4.69) is 40.1 Å².